The van der Waals surface area contributed by atoms with E-state index in [9.17, 15) is 9.59 Å². The smallest absolute Gasteiger partial charge is 0.257 e. The average Bonchev–Trinajstić information content (AvgIpc) is 2.76. The molecule has 2 aromatic carbocycles. The Bertz CT molecular complexity index is 811. The lowest BCUT2D eigenvalue weighted by molar-refractivity contribution is -0.123. The van der Waals surface area contributed by atoms with Gasteiger partial charge in [-0.3, -0.25) is 9.59 Å². The van der Waals surface area contributed by atoms with Gasteiger partial charge in [-0.25, -0.2) is 0 Å². The molecule has 0 atom stereocenters. The van der Waals surface area contributed by atoms with Crippen LogP contribution >= 0.6 is 0 Å². The van der Waals surface area contributed by atoms with Crippen molar-refractivity contribution >= 4 is 11.8 Å². The molecule has 0 aromatic heterocycles. The number of hydrogen-bond donors (Lipinski definition) is 2. The van der Waals surface area contributed by atoms with Crippen molar-refractivity contribution in [1.82, 2.24) is 10.6 Å². The van der Waals surface area contributed by atoms with Crippen molar-refractivity contribution in [2.45, 2.75) is 66.2 Å². The molecule has 2 amide bonds. The molecule has 0 aliphatic rings. The Morgan fingerprint density at radius 2 is 0.882 bits per heavy atom. The van der Waals surface area contributed by atoms with Gasteiger partial charge in [0.1, 0.15) is 11.5 Å². The molecule has 0 aliphatic carbocycles. The van der Waals surface area contributed by atoms with Crippen molar-refractivity contribution in [2.75, 3.05) is 26.3 Å². The Morgan fingerprint density at radius 3 is 1.24 bits per heavy atom. The third kappa shape index (κ3) is 11.7. The van der Waals surface area contributed by atoms with E-state index in [0.29, 0.717) is 13.1 Å². The van der Waals surface area contributed by atoms with Gasteiger partial charge in [0.15, 0.2) is 13.2 Å². The summed E-state index contributed by atoms with van der Waals surface area (Å²) < 4.78 is 11.2. The number of nitrogens with one attached hydrogen (secondary N) is 2. The molecule has 6 heteroatoms. The van der Waals surface area contributed by atoms with Crippen molar-refractivity contribution in [3.8, 4) is 11.5 Å². The van der Waals surface area contributed by atoms with Gasteiger partial charge < -0.3 is 20.1 Å². The molecule has 2 N–H and O–H groups in total. The van der Waals surface area contributed by atoms with Crippen LogP contribution in [-0.4, -0.2) is 38.1 Å². The lowest BCUT2D eigenvalue weighted by Crippen LogP contribution is -2.29. The topological polar surface area (TPSA) is 76.7 Å². The van der Waals surface area contributed by atoms with Crippen molar-refractivity contribution in [3.05, 3.63) is 58.7 Å². The number of hydrogen-bond acceptors (Lipinski definition) is 4. The second-order valence-electron chi connectivity index (χ2n) is 9.05. The van der Waals surface area contributed by atoms with Gasteiger partial charge in [0, 0.05) is 13.1 Å². The van der Waals surface area contributed by atoms with Crippen molar-refractivity contribution < 1.29 is 19.1 Å². The van der Waals surface area contributed by atoms with Gasteiger partial charge in [-0.15, -0.1) is 0 Å². The summed E-state index contributed by atoms with van der Waals surface area (Å²) in [5.74, 6) is 1.29. The van der Waals surface area contributed by atoms with Crippen LogP contribution in [0.4, 0.5) is 0 Å². The first kappa shape index (κ1) is 27.2. The zero-order chi connectivity index (χ0) is 24.8. The first-order chi connectivity index (χ1) is 16.3. The normalized spacial score (nSPS) is 10.6. The van der Waals surface area contributed by atoms with Crippen LogP contribution in [0.25, 0.3) is 0 Å². The number of aryl methyl sites for hydroxylation is 4. The summed E-state index contributed by atoms with van der Waals surface area (Å²) in [6.07, 6.45) is 6.32. The van der Waals surface area contributed by atoms with Gasteiger partial charge in [-0.1, -0.05) is 37.8 Å². The van der Waals surface area contributed by atoms with E-state index in [4.69, 9.17) is 9.47 Å². The average molecular weight is 469 g/mol. The van der Waals surface area contributed by atoms with Crippen LogP contribution in [0, 0.1) is 27.7 Å². The number of unbranched alkanes of at least 4 members (excludes halogenated alkanes) is 5. The van der Waals surface area contributed by atoms with Crippen LogP contribution in [0.5, 0.6) is 11.5 Å². The molecule has 2 aromatic rings. The van der Waals surface area contributed by atoms with Crippen LogP contribution < -0.4 is 20.1 Å². The SMILES string of the molecule is Cc1cc(C)cc(OCC(=O)NCCCCCCCCNC(=O)COc2cc(C)cc(C)c2)c1. The number of rotatable bonds is 15. The highest BCUT2D eigenvalue weighted by Crippen LogP contribution is 2.17. The standard InChI is InChI=1S/C28H40N2O4/c1-21-13-22(2)16-25(15-21)33-19-27(31)29-11-9-7-5-6-8-10-12-30-28(32)20-34-26-17-23(3)14-24(4)18-26/h13-18H,5-12,19-20H2,1-4H3,(H,29,31)(H,30,32). The summed E-state index contributed by atoms with van der Waals surface area (Å²) in [5.41, 5.74) is 4.50. The van der Waals surface area contributed by atoms with Gasteiger partial charge in [-0.05, 0) is 87.1 Å². The summed E-state index contributed by atoms with van der Waals surface area (Å²) >= 11 is 0. The Kier molecular flexibility index (Phi) is 12.0. The predicted octanol–water partition coefficient (Wildman–Crippen LogP) is 4.95. The number of ether oxygens (including phenoxy) is 2. The summed E-state index contributed by atoms with van der Waals surface area (Å²) in [6.45, 7) is 9.49. The lowest BCUT2D eigenvalue weighted by atomic mass is 10.1. The fourth-order valence-corrected chi connectivity index (χ4v) is 3.85. The molecule has 0 fully saturated rings. The molecule has 0 aliphatic heterocycles. The van der Waals surface area contributed by atoms with Gasteiger partial charge in [0.25, 0.3) is 11.8 Å². The number of amides is 2. The second-order valence-corrected chi connectivity index (χ2v) is 9.05. The second kappa shape index (κ2) is 15.0. The maximum absolute atomic E-state index is 11.9. The third-order valence-corrected chi connectivity index (χ3v) is 5.38. The highest BCUT2D eigenvalue weighted by Gasteiger charge is 2.05. The van der Waals surface area contributed by atoms with E-state index in [-0.39, 0.29) is 25.0 Å². The molecule has 0 unspecified atom stereocenters. The largest absolute Gasteiger partial charge is 0.484 e. The van der Waals surface area contributed by atoms with E-state index in [1.165, 1.54) is 0 Å². The first-order valence-corrected chi connectivity index (χ1v) is 12.3. The molecule has 2 rings (SSSR count). The molecule has 0 radical (unpaired) electrons. The Balaban J connectivity index is 1.41. The van der Waals surface area contributed by atoms with Crippen LogP contribution in [0.3, 0.4) is 0 Å². The van der Waals surface area contributed by atoms with Gasteiger partial charge in [0.2, 0.25) is 0 Å². The molecule has 0 heterocycles. The Hall–Kier alpha value is -3.02. The molecule has 34 heavy (non-hydrogen) atoms. The molecule has 6 nitrogen and oxygen atoms in total. The Morgan fingerprint density at radius 1 is 0.559 bits per heavy atom. The zero-order valence-electron chi connectivity index (χ0n) is 21.2. The van der Waals surface area contributed by atoms with Crippen molar-refractivity contribution in [2.24, 2.45) is 0 Å². The molecule has 0 saturated carbocycles. The monoisotopic (exact) mass is 468 g/mol. The Labute approximate surface area is 204 Å². The van der Waals surface area contributed by atoms with E-state index < -0.39 is 0 Å². The maximum Gasteiger partial charge on any atom is 0.257 e. The van der Waals surface area contributed by atoms with E-state index in [1.807, 2.05) is 52.0 Å². The minimum atomic E-state index is -0.0867. The predicted molar refractivity (Wildman–Crippen MR) is 137 cm³/mol. The van der Waals surface area contributed by atoms with E-state index in [1.54, 1.807) is 0 Å². The van der Waals surface area contributed by atoms with Crippen molar-refractivity contribution in [1.29, 1.82) is 0 Å². The minimum absolute atomic E-state index is 0.0459. The fourth-order valence-electron chi connectivity index (χ4n) is 3.85. The van der Waals surface area contributed by atoms with E-state index in [2.05, 4.69) is 22.8 Å². The van der Waals surface area contributed by atoms with Crippen LogP contribution in [0.15, 0.2) is 36.4 Å². The summed E-state index contributed by atoms with van der Waals surface area (Å²) in [4.78, 5) is 23.9. The summed E-state index contributed by atoms with van der Waals surface area (Å²) in [5, 5.41) is 5.82. The highest BCUT2D eigenvalue weighted by molar-refractivity contribution is 5.77. The lowest BCUT2D eigenvalue weighted by Gasteiger charge is -2.09. The van der Waals surface area contributed by atoms with Crippen LogP contribution in [-0.2, 0) is 9.59 Å². The van der Waals surface area contributed by atoms with Gasteiger partial charge in [0.05, 0.1) is 0 Å². The highest BCUT2D eigenvalue weighted by atomic mass is 16.5. The van der Waals surface area contributed by atoms with Crippen LogP contribution in [0.2, 0.25) is 0 Å². The molecule has 0 saturated heterocycles. The van der Waals surface area contributed by atoms with E-state index >= 15 is 0 Å². The molecular weight excluding hydrogens is 428 g/mol. The van der Waals surface area contributed by atoms with E-state index in [0.717, 1.165) is 72.3 Å². The molecule has 186 valence electrons. The maximum atomic E-state index is 11.9. The molecular formula is C28H40N2O4. The van der Waals surface area contributed by atoms with Crippen molar-refractivity contribution in [3.63, 3.8) is 0 Å². The number of carbonyl (C=O) groups excluding carboxylic acids is 2. The quantitative estimate of drug-likeness (QED) is 0.363. The fraction of sp³-hybridized carbons (Fsp3) is 0.500. The third-order valence-electron chi connectivity index (χ3n) is 5.38. The van der Waals surface area contributed by atoms with Crippen LogP contribution in [0.1, 0.15) is 60.8 Å². The summed E-state index contributed by atoms with van der Waals surface area (Å²) in [6, 6.07) is 11.9. The van der Waals surface area contributed by atoms with Gasteiger partial charge in [-0.2, -0.15) is 0 Å². The summed E-state index contributed by atoms with van der Waals surface area (Å²) in [7, 11) is 0. The zero-order valence-corrected chi connectivity index (χ0v) is 21.2. The number of carbonyl (C=O) groups is 2. The minimum Gasteiger partial charge on any atom is -0.484 e. The first-order valence-electron chi connectivity index (χ1n) is 12.3. The molecule has 0 spiro atoms. The van der Waals surface area contributed by atoms with Gasteiger partial charge >= 0.3 is 0 Å². The molecule has 0 bridgehead atoms. The number of benzene rings is 2.